The molecule has 0 aromatic carbocycles. The number of Topliss-reactive ketones (excluding diaryl/α,β-unsaturated/α-hetero) is 1. The van der Waals surface area contributed by atoms with Crippen molar-refractivity contribution in [3.8, 4) is 0 Å². The van der Waals surface area contributed by atoms with E-state index in [1.54, 1.807) is 6.92 Å². The molecule has 0 aromatic heterocycles. The van der Waals surface area contributed by atoms with Gasteiger partial charge in [0.15, 0.2) is 0 Å². The van der Waals surface area contributed by atoms with Crippen LogP contribution >= 0.6 is 0 Å². The van der Waals surface area contributed by atoms with Crippen LogP contribution in [0.25, 0.3) is 0 Å². The van der Waals surface area contributed by atoms with E-state index >= 15 is 0 Å². The lowest BCUT2D eigenvalue weighted by atomic mass is 9.96. The van der Waals surface area contributed by atoms with Crippen LogP contribution in [0.4, 0.5) is 0 Å². The van der Waals surface area contributed by atoms with Gasteiger partial charge in [-0.3, -0.25) is 4.79 Å². The van der Waals surface area contributed by atoms with Crippen LogP contribution in [-0.2, 0) is 4.79 Å². The molecule has 1 aliphatic heterocycles. The Morgan fingerprint density at radius 3 is 2.33 bits per heavy atom. The van der Waals surface area contributed by atoms with Crippen LogP contribution < -0.4 is 5.32 Å². The third-order valence-electron chi connectivity index (χ3n) is 3.23. The maximum Gasteiger partial charge on any atom is 0.136 e. The molecule has 0 radical (unpaired) electrons. The van der Waals surface area contributed by atoms with E-state index in [0.29, 0.717) is 12.0 Å². The minimum absolute atomic E-state index is 0.220. The first kappa shape index (κ1) is 12.1. The highest BCUT2D eigenvalue weighted by molar-refractivity contribution is 5.79. The zero-order chi connectivity index (χ0) is 11.6. The van der Waals surface area contributed by atoms with E-state index in [4.69, 9.17) is 0 Å². The van der Waals surface area contributed by atoms with Crippen LogP contribution in [0.15, 0.2) is 12.4 Å². The highest BCUT2D eigenvalue weighted by Crippen LogP contribution is 2.20. The molecular weight excluding hydrogens is 188 g/mol. The van der Waals surface area contributed by atoms with Gasteiger partial charge in [0.1, 0.15) is 5.78 Å². The van der Waals surface area contributed by atoms with Gasteiger partial charge in [0.05, 0.1) is 11.7 Å². The lowest BCUT2D eigenvalue weighted by Crippen LogP contribution is -2.52. The monoisotopic (exact) mass is 210 g/mol. The van der Waals surface area contributed by atoms with E-state index in [1.165, 1.54) is 0 Å². The van der Waals surface area contributed by atoms with Gasteiger partial charge in [0, 0.05) is 19.1 Å². The molecule has 0 aromatic rings. The molecule has 0 aliphatic carbocycles. The molecule has 0 bridgehead atoms. The predicted molar refractivity (Wildman–Crippen MR) is 62.3 cm³/mol. The van der Waals surface area contributed by atoms with Crippen molar-refractivity contribution in [3.05, 3.63) is 12.4 Å². The zero-order valence-corrected chi connectivity index (χ0v) is 10.2. The van der Waals surface area contributed by atoms with Crippen molar-refractivity contribution >= 4 is 5.78 Å². The molecule has 3 nitrogen and oxygen atoms in total. The Morgan fingerprint density at radius 2 is 1.93 bits per heavy atom. The van der Waals surface area contributed by atoms with Crippen LogP contribution in [-0.4, -0.2) is 29.8 Å². The molecule has 0 saturated carbocycles. The molecular formula is C12H22N2O. The average Bonchev–Trinajstić information content (AvgIpc) is 1.99. The Balaban J connectivity index is 2.29. The van der Waals surface area contributed by atoms with Crippen molar-refractivity contribution in [1.29, 1.82) is 0 Å². The van der Waals surface area contributed by atoms with Crippen molar-refractivity contribution in [2.75, 3.05) is 13.1 Å². The molecule has 0 spiro atoms. The fourth-order valence-corrected chi connectivity index (χ4v) is 1.48. The topological polar surface area (TPSA) is 32.3 Å². The third-order valence-corrected chi connectivity index (χ3v) is 3.23. The number of rotatable bonds is 5. The second kappa shape index (κ2) is 4.69. The molecule has 1 fully saturated rings. The smallest absolute Gasteiger partial charge is 0.136 e. The largest absolute Gasteiger partial charge is 0.370 e. The lowest BCUT2D eigenvalue weighted by molar-refractivity contribution is -0.124. The number of carbonyl (C=O) groups is 1. The normalized spacial score (nSPS) is 18.6. The molecule has 0 amide bonds. The summed E-state index contributed by atoms with van der Waals surface area (Å²) in [6.07, 6.45) is 0. The summed E-state index contributed by atoms with van der Waals surface area (Å²) in [5.41, 5.74) is 0. The lowest BCUT2D eigenvalue weighted by Gasteiger charge is -2.42. The summed E-state index contributed by atoms with van der Waals surface area (Å²) >= 11 is 0. The van der Waals surface area contributed by atoms with Crippen molar-refractivity contribution in [2.24, 2.45) is 11.8 Å². The number of nitrogens with one attached hydrogen (secondary N) is 1. The van der Waals surface area contributed by atoms with Crippen LogP contribution in [0.1, 0.15) is 27.7 Å². The molecule has 1 heterocycles. The standard InChI is InChI=1S/C12H22N2O/c1-8(2)9(3)13-11(5)14-6-12(7-14)10(4)15/h8-9,12-13H,5-7H2,1-4H3/t9-/m1/s1. The first-order chi connectivity index (χ1) is 6.91. The summed E-state index contributed by atoms with van der Waals surface area (Å²) in [6, 6.07) is 0.425. The first-order valence-corrected chi connectivity index (χ1v) is 5.62. The number of likely N-dealkylation sites (tertiary alicyclic amines) is 1. The average molecular weight is 210 g/mol. The Kier molecular flexibility index (Phi) is 3.77. The van der Waals surface area contributed by atoms with E-state index < -0.39 is 0 Å². The van der Waals surface area contributed by atoms with Gasteiger partial charge in [-0.05, 0) is 19.8 Å². The number of hydrogen-bond acceptors (Lipinski definition) is 3. The van der Waals surface area contributed by atoms with E-state index in [2.05, 4.69) is 37.6 Å². The van der Waals surface area contributed by atoms with E-state index in [9.17, 15) is 4.79 Å². The number of ketones is 1. The van der Waals surface area contributed by atoms with Gasteiger partial charge in [0.2, 0.25) is 0 Å². The Hall–Kier alpha value is -0.990. The molecule has 1 atom stereocenters. The van der Waals surface area contributed by atoms with Crippen molar-refractivity contribution in [3.63, 3.8) is 0 Å². The van der Waals surface area contributed by atoms with Crippen molar-refractivity contribution in [2.45, 2.75) is 33.7 Å². The molecule has 1 saturated heterocycles. The van der Waals surface area contributed by atoms with E-state index in [1.807, 2.05) is 0 Å². The fraction of sp³-hybridized carbons (Fsp3) is 0.750. The molecule has 86 valence electrons. The van der Waals surface area contributed by atoms with Crippen LogP contribution in [0.2, 0.25) is 0 Å². The summed E-state index contributed by atoms with van der Waals surface area (Å²) in [6.45, 7) is 13.8. The third kappa shape index (κ3) is 2.98. The highest BCUT2D eigenvalue weighted by atomic mass is 16.1. The summed E-state index contributed by atoms with van der Waals surface area (Å²) < 4.78 is 0. The molecule has 15 heavy (non-hydrogen) atoms. The quantitative estimate of drug-likeness (QED) is 0.748. The molecule has 1 N–H and O–H groups in total. The fourth-order valence-electron chi connectivity index (χ4n) is 1.48. The van der Waals surface area contributed by atoms with Crippen LogP contribution in [0.3, 0.4) is 0 Å². The van der Waals surface area contributed by atoms with Crippen LogP contribution in [0, 0.1) is 11.8 Å². The van der Waals surface area contributed by atoms with Crippen molar-refractivity contribution < 1.29 is 4.79 Å². The maximum atomic E-state index is 11.0. The minimum Gasteiger partial charge on any atom is -0.370 e. The Bertz CT molecular complexity index is 254. The van der Waals surface area contributed by atoms with Gasteiger partial charge < -0.3 is 10.2 Å². The summed E-state index contributed by atoms with van der Waals surface area (Å²) in [5, 5.41) is 3.36. The molecule has 0 unspecified atom stereocenters. The zero-order valence-electron chi connectivity index (χ0n) is 10.2. The van der Waals surface area contributed by atoms with E-state index in [-0.39, 0.29) is 11.7 Å². The second-order valence-electron chi connectivity index (χ2n) is 4.84. The molecule has 1 rings (SSSR count). The van der Waals surface area contributed by atoms with Gasteiger partial charge in [-0.2, -0.15) is 0 Å². The second-order valence-corrected chi connectivity index (χ2v) is 4.84. The molecule has 1 aliphatic rings. The number of nitrogens with zero attached hydrogens (tertiary/aromatic N) is 1. The highest BCUT2D eigenvalue weighted by Gasteiger charge is 2.31. The van der Waals surface area contributed by atoms with Gasteiger partial charge >= 0.3 is 0 Å². The first-order valence-electron chi connectivity index (χ1n) is 5.62. The summed E-state index contributed by atoms with van der Waals surface area (Å²) in [7, 11) is 0. The summed E-state index contributed by atoms with van der Waals surface area (Å²) in [4.78, 5) is 13.2. The minimum atomic E-state index is 0.220. The maximum absolute atomic E-state index is 11.0. The van der Waals surface area contributed by atoms with Gasteiger partial charge in [-0.1, -0.05) is 20.4 Å². The predicted octanol–water partition coefficient (Wildman–Crippen LogP) is 1.61. The number of carbonyl (C=O) groups excluding carboxylic acids is 1. The van der Waals surface area contributed by atoms with E-state index in [0.717, 1.165) is 18.9 Å². The molecule has 3 heteroatoms. The Morgan fingerprint density at radius 1 is 1.40 bits per heavy atom. The summed E-state index contributed by atoms with van der Waals surface area (Å²) in [5.74, 6) is 2.05. The Labute approximate surface area is 92.5 Å². The van der Waals surface area contributed by atoms with Crippen molar-refractivity contribution in [1.82, 2.24) is 10.2 Å². The SMILES string of the molecule is C=C(N[C@H](C)C(C)C)N1CC(C(C)=O)C1. The van der Waals surface area contributed by atoms with Gasteiger partial charge in [-0.25, -0.2) is 0 Å². The van der Waals surface area contributed by atoms with Gasteiger partial charge in [-0.15, -0.1) is 0 Å². The number of hydrogen-bond donors (Lipinski definition) is 1. The van der Waals surface area contributed by atoms with Gasteiger partial charge in [0.25, 0.3) is 0 Å². The van der Waals surface area contributed by atoms with Crippen LogP contribution in [0.5, 0.6) is 0 Å².